The van der Waals surface area contributed by atoms with Crippen LogP contribution in [0.25, 0.3) is 5.65 Å². The first-order chi connectivity index (χ1) is 6.33. The van der Waals surface area contributed by atoms with Crippen LogP contribution in [0.3, 0.4) is 0 Å². The Morgan fingerprint density at radius 1 is 1.54 bits per heavy atom. The summed E-state index contributed by atoms with van der Waals surface area (Å²) in [6.45, 7) is 0. The van der Waals surface area contributed by atoms with E-state index in [9.17, 15) is 4.79 Å². The monoisotopic (exact) mass is 239 g/mol. The van der Waals surface area contributed by atoms with E-state index < -0.39 is 0 Å². The lowest BCUT2D eigenvalue weighted by atomic mass is 10.3. The van der Waals surface area contributed by atoms with Crippen LogP contribution in [0.5, 0.6) is 0 Å². The molecule has 2 heterocycles. The van der Waals surface area contributed by atoms with Gasteiger partial charge < -0.3 is 4.79 Å². The van der Waals surface area contributed by atoms with Crippen molar-refractivity contribution in [2.45, 2.75) is 4.83 Å². The highest BCUT2D eigenvalue weighted by molar-refractivity contribution is 9.09. The number of aldehydes is 1. The SMILES string of the molecule is O=CC(Br)c1cnc2cnccn12. The molecule has 13 heavy (non-hydrogen) atoms. The molecule has 0 aliphatic carbocycles. The van der Waals surface area contributed by atoms with Crippen LogP contribution >= 0.6 is 15.9 Å². The van der Waals surface area contributed by atoms with E-state index in [2.05, 4.69) is 25.9 Å². The zero-order valence-electron chi connectivity index (χ0n) is 6.59. The Balaban J connectivity index is 2.64. The lowest BCUT2D eigenvalue weighted by molar-refractivity contribution is -0.107. The van der Waals surface area contributed by atoms with E-state index >= 15 is 0 Å². The Labute approximate surface area is 82.7 Å². The van der Waals surface area contributed by atoms with E-state index in [0.29, 0.717) is 0 Å². The van der Waals surface area contributed by atoms with Crippen molar-refractivity contribution < 1.29 is 4.79 Å². The number of carbonyl (C=O) groups is 1. The second kappa shape index (κ2) is 3.26. The van der Waals surface area contributed by atoms with Crippen LogP contribution in [-0.2, 0) is 4.79 Å². The molecule has 0 aliphatic heterocycles. The van der Waals surface area contributed by atoms with Crippen molar-refractivity contribution in [3.63, 3.8) is 0 Å². The number of hydrogen-bond donors (Lipinski definition) is 0. The summed E-state index contributed by atoms with van der Waals surface area (Å²) in [5, 5.41) is 0. The molecule has 0 radical (unpaired) electrons. The quantitative estimate of drug-likeness (QED) is 0.588. The summed E-state index contributed by atoms with van der Waals surface area (Å²) in [5.74, 6) is 0. The number of alkyl halides is 1. The molecule has 5 heteroatoms. The van der Waals surface area contributed by atoms with Gasteiger partial charge in [0.2, 0.25) is 0 Å². The van der Waals surface area contributed by atoms with Gasteiger partial charge in [-0.3, -0.25) is 9.38 Å². The van der Waals surface area contributed by atoms with Gasteiger partial charge in [-0.1, -0.05) is 15.9 Å². The average Bonchev–Trinajstić information content (AvgIpc) is 2.60. The molecule has 2 aromatic rings. The fourth-order valence-corrected chi connectivity index (χ4v) is 1.47. The van der Waals surface area contributed by atoms with Crippen molar-refractivity contribution in [2.24, 2.45) is 0 Å². The first-order valence-corrected chi connectivity index (χ1v) is 4.61. The first kappa shape index (κ1) is 8.37. The maximum atomic E-state index is 10.5. The van der Waals surface area contributed by atoms with Crippen molar-refractivity contribution >= 4 is 27.9 Å². The summed E-state index contributed by atoms with van der Waals surface area (Å²) >= 11 is 3.24. The molecule has 0 fully saturated rings. The zero-order valence-corrected chi connectivity index (χ0v) is 8.18. The van der Waals surface area contributed by atoms with Crippen molar-refractivity contribution in [1.29, 1.82) is 0 Å². The van der Waals surface area contributed by atoms with E-state index in [0.717, 1.165) is 17.6 Å². The second-order valence-electron chi connectivity index (χ2n) is 2.53. The average molecular weight is 240 g/mol. The molecular weight excluding hydrogens is 234 g/mol. The van der Waals surface area contributed by atoms with Crippen LogP contribution < -0.4 is 0 Å². The molecule has 0 bridgehead atoms. The van der Waals surface area contributed by atoms with Crippen LogP contribution in [0.15, 0.2) is 24.8 Å². The van der Waals surface area contributed by atoms with Crippen molar-refractivity contribution in [2.75, 3.05) is 0 Å². The molecule has 0 saturated heterocycles. The van der Waals surface area contributed by atoms with Crippen LogP contribution in [0, 0.1) is 0 Å². The Bertz CT molecular complexity index is 440. The fourth-order valence-electron chi connectivity index (χ4n) is 1.14. The minimum absolute atomic E-state index is 0.315. The molecule has 1 atom stereocenters. The predicted octanol–water partition coefficient (Wildman–Crippen LogP) is 1.36. The molecule has 2 rings (SSSR count). The molecule has 1 unspecified atom stereocenters. The van der Waals surface area contributed by atoms with Gasteiger partial charge >= 0.3 is 0 Å². The third-order valence-corrected chi connectivity index (χ3v) is 2.43. The van der Waals surface area contributed by atoms with Crippen LogP contribution in [0.2, 0.25) is 0 Å². The van der Waals surface area contributed by atoms with Crippen LogP contribution in [-0.4, -0.2) is 20.7 Å². The summed E-state index contributed by atoms with van der Waals surface area (Å²) in [5.41, 5.74) is 1.55. The number of carbonyl (C=O) groups excluding carboxylic acids is 1. The minimum atomic E-state index is -0.315. The standard InChI is InChI=1S/C8H6BrN3O/c9-6(5-13)7-3-11-8-4-10-1-2-12(7)8/h1-6H. The summed E-state index contributed by atoms with van der Waals surface area (Å²) in [6, 6.07) is 0. The highest BCUT2D eigenvalue weighted by Crippen LogP contribution is 2.20. The van der Waals surface area contributed by atoms with Gasteiger partial charge in [0.05, 0.1) is 18.1 Å². The number of nitrogens with zero attached hydrogens (tertiary/aromatic N) is 3. The summed E-state index contributed by atoms with van der Waals surface area (Å²) < 4.78 is 1.82. The van der Waals surface area contributed by atoms with Crippen molar-refractivity contribution in [1.82, 2.24) is 14.4 Å². The maximum Gasteiger partial charge on any atom is 0.155 e. The van der Waals surface area contributed by atoms with E-state index in [4.69, 9.17) is 0 Å². The Kier molecular flexibility index (Phi) is 2.10. The fraction of sp³-hybridized carbons (Fsp3) is 0.125. The van der Waals surface area contributed by atoms with Crippen LogP contribution in [0.4, 0.5) is 0 Å². The highest BCUT2D eigenvalue weighted by Gasteiger charge is 2.10. The number of imidazole rings is 1. The Morgan fingerprint density at radius 3 is 3.15 bits per heavy atom. The molecular formula is C8H6BrN3O. The number of hydrogen-bond acceptors (Lipinski definition) is 3. The zero-order chi connectivity index (χ0) is 9.26. The van der Waals surface area contributed by atoms with Crippen molar-refractivity contribution in [3.8, 4) is 0 Å². The largest absolute Gasteiger partial charge is 0.302 e. The van der Waals surface area contributed by atoms with Gasteiger partial charge in [-0.2, -0.15) is 0 Å². The molecule has 0 N–H and O–H groups in total. The van der Waals surface area contributed by atoms with E-state index in [-0.39, 0.29) is 4.83 Å². The molecule has 0 amide bonds. The van der Waals surface area contributed by atoms with E-state index in [1.54, 1.807) is 24.8 Å². The second-order valence-corrected chi connectivity index (χ2v) is 3.51. The highest BCUT2D eigenvalue weighted by atomic mass is 79.9. The lowest BCUT2D eigenvalue weighted by Crippen LogP contribution is -1.96. The first-order valence-electron chi connectivity index (χ1n) is 3.69. The van der Waals surface area contributed by atoms with E-state index in [1.807, 2.05) is 4.40 Å². The number of fused-ring (bicyclic) bond motifs is 1. The number of aromatic nitrogens is 3. The van der Waals surface area contributed by atoms with E-state index in [1.165, 1.54) is 0 Å². The molecule has 0 saturated carbocycles. The van der Waals surface area contributed by atoms with Gasteiger partial charge in [-0.05, 0) is 0 Å². The lowest BCUT2D eigenvalue weighted by Gasteiger charge is -2.00. The number of halogens is 1. The molecule has 66 valence electrons. The molecule has 0 spiro atoms. The van der Waals surface area contributed by atoms with Gasteiger partial charge in [0, 0.05) is 12.4 Å². The van der Waals surface area contributed by atoms with Gasteiger partial charge in [-0.25, -0.2) is 4.98 Å². The molecule has 0 aliphatic rings. The number of rotatable bonds is 2. The third kappa shape index (κ3) is 1.35. The third-order valence-electron chi connectivity index (χ3n) is 1.75. The Hall–Kier alpha value is -1.23. The normalized spacial score (nSPS) is 13.0. The van der Waals surface area contributed by atoms with Gasteiger partial charge in [0.25, 0.3) is 0 Å². The smallest absolute Gasteiger partial charge is 0.155 e. The predicted molar refractivity (Wildman–Crippen MR) is 50.7 cm³/mol. The summed E-state index contributed by atoms with van der Waals surface area (Å²) in [4.78, 5) is 18.3. The minimum Gasteiger partial charge on any atom is -0.302 e. The Morgan fingerprint density at radius 2 is 2.38 bits per heavy atom. The van der Waals surface area contributed by atoms with Gasteiger partial charge in [-0.15, -0.1) is 0 Å². The molecule has 2 aromatic heterocycles. The topological polar surface area (TPSA) is 47.3 Å². The summed E-state index contributed by atoms with van der Waals surface area (Å²) in [7, 11) is 0. The molecule has 4 nitrogen and oxygen atoms in total. The van der Waals surface area contributed by atoms with Gasteiger partial charge in [0.1, 0.15) is 11.1 Å². The molecule has 0 aromatic carbocycles. The van der Waals surface area contributed by atoms with Gasteiger partial charge in [0.15, 0.2) is 5.65 Å². The maximum absolute atomic E-state index is 10.5. The van der Waals surface area contributed by atoms with Crippen LogP contribution in [0.1, 0.15) is 10.5 Å². The summed E-state index contributed by atoms with van der Waals surface area (Å²) in [6.07, 6.45) is 7.56. The van der Waals surface area contributed by atoms with Crippen molar-refractivity contribution in [3.05, 3.63) is 30.5 Å².